The monoisotopic (exact) mass is 445 g/mol. The first-order valence-electron chi connectivity index (χ1n) is 12.3. The molecule has 1 heteroatoms. The number of rotatable bonds is 1. The van der Waals surface area contributed by atoms with Crippen LogP contribution >= 0.6 is 0 Å². The summed E-state index contributed by atoms with van der Waals surface area (Å²) in [7, 11) is 0. The minimum absolute atomic E-state index is 1.25. The van der Waals surface area contributed by atoms with Gasteiger partial charge in [-0.25, -0.2) is 0 Å². The Kier molecular flexibility index (Phi) is 3.59. The predicted octanol–water partition coefficient (Wildman–Crippen LogP) is 9.45. The number of aromatic nitrogens is 1. The van der Waals surface area contributed by atoms with Crippen molar-refractivity contribution < 1.29 is 0 Å². The van der Waals surface area contributed by atoms with Crippen molar-refractivity contribution in [1.82, 2.24) is 4.57 Å². The summed E-state index contributed by atoms with van der Waals surface area (Å²) < 4.78 is 2.52. The summed E-state index contributed by atoms with van der Waals surface area (Å²) in [5.41, 5.74) is 5.22. The van der Waals surface area contributed by atoms with Gasteiger partial charge in [0, 0.05) is 21.9 Å². The van der Waals surface area contributed by atoms with E-state index in [-0.39, 0.29) is 0 Å². The lowest BCUT2D eigenvalue weighted by molar-refractivity contribution is 1.06. The first-order valence-corrected chi connectivity index (χ1v) is 12.3. The highest BCUT2D eigenvalue weighted by atomic mass is 15.0. The van der Waals surface area contributed by atoms with E-state index in [0.29, 0.717) is 0 Å². The molecule has 1 nitrogen and oxygen atoms in total. The Hall–Kier alpha value is -4.36. The summed E-state index contributed by atoms with van der Waals surface area (Å²) in [6.07, 6.45) is 0. The lowest BCUT2D eigenvalue weighted by atomic mass is 9.92. The smallest absolute Gasteiger partial charge is 0.0613 e. The molecule has 0 radical (unpaired) electrons. The van der Waals surface area contributed by atoms with Gasteiger partial charge in [-0.1, -0.05) is 91.0 Å². The van der Waals surface area contributed by atoms with Gasteiger partial charge in [-0.2, -0.15) is 0 Å². The molecule has 1 aromatic heterocycles. The predicted molar refractivity (Wildman–Crippen MR) is 151 cm³/mol. The number of aryl methyl sites for hydroxylation is 1. The highest BCUT2D eigenvalue weighted by Gasteiger charge is 2.20. The quantitative estimate of drug-likeness (QED) is 0.222. The standard InChI is InChI=1S/C34H23N/c1-20-21(2)35(31-19-24-8-3-4-11-26(24)27-12-5-6-13-28(27)31)34-29-17-16-23-10-7-9-22-14-15-25(18-30(20)34)33(29)32(22)23/h3-19H,1-2H3. The Labute approximate surface area is 203 Å². The zero-order chi connectivity index (χ0) is 23.3. The Morgan fingerprint density at radius 3 is 1.94 bits per heavy atom. The third-order valence-corrected chi connectivity index (χ3v) is 8.11. The summed E-state index contributed by atoms with van der Waals surface area (Å²) in [4.78, 5) is 0. The molecule has 8 aromatic rings. The molecule has 0 bridgehead atoms. The summed E-state index contributed by atoms with van der Waals surface area (Å²) in [5, 5.41) is 14.5. The summed E-state index contributed by atoms with van der Waals surface area (Å²) in [6.45, 7) is 4.54. The normalized spacial score (nSPS) is 12.3. The number of hydrogen-bond donors (Lipinski definition) is 0. The maximum atomic E-state index is 2.52. The minimum atomic E-state index is 1.25. The molecule has 0 aliphatic heterocycles. The zero-order valence-electron chi connectivity index (χ0n) is 19.8. The fraction of sp³-hybridized carbons (Fsp3) is 0.0588. The van der Waals surface area contributed by atoms with E-state index in [4.69, 9.17) is 0 Å². The zero-order valence-corrected chi connectivity index (χ0v) is 19.8. The van der Waals surface area contributed by atoms with Crippen LogP contribution in [-0.2, 0) is 0 Å². The van der Waals surface area contributed by atoms with Crippen molar-refractivity contribution in [1.29, 1.82) is 0 Å². The number of benzene rings is 7. The second-order valence-corrected chi connectivity index (χ2v) is 9.84. The summed E-state index contributed by atoms with van der Waals surface area (Å²) in [6, 6.07) is 38.2. The SMILES string of the molecule is Cc1c(C)n(-c2cc3ccccc3c3ccccc23)c2c1cc1ccc3cccc4ccc2c1c34. The second-order valence-electron chi connectivity index (χ2n) is 9.84. The van der Waals surface area contributed by atoms with Crippen LogP contribution in [0.3, 0.4) is 0 Å². The molecule has 0 fully saturated rings. The maximum Gasteiger partial charge on any atom is 0.0613 e. The van der Waals surface area contributed by atoms with Crippen molar-refractivity contribution in [3.05, 3.63) is 114 Å². The van der Waals surface area contributed by atoms with Crippen LogP contribution in [-0.4, -0.2) is 4.57 Å². The summed E-state index contributed by atoms with van der Waals surface area (Å²) >= 11 is 0. The molecule has 0 atom stereocenters. The maximum absolute atomic E-state index is 2.52. The van der Waals surface area contributed by atoms with E-state index in [1.54, 1.807) is 0 Å². The third-order valence-electron chi connectivity index (χ3n) is 8.11. The van der Waals surface area contributed by atoms with Gasteiger partial charge in [0.05, 0.1) is 11.2 Å². The van der Waals surface area contributed by atoms with Crippen LogP contribution in [0, 0.1) is 13.8 Å². The summed E-state index contributed by atoms with van der Waals surface area (Å²) in [5.74, 6) is 0. The van der Waals surface area contributed by atoms with Crippen LogP contribution in [0.2, 0.25) is 0 Å². The van der Waals surface area contributed by atoms with Crippen LogP contribution in [0.4, 0.5) is 0 Å². The van der Waals surface area contributed by atoms with Gasteiger partial charge < -0.3 is 4.57 Å². The molecular formula is C34H23N. The highest BCUT2D eigenvalue weighted by molar-refractivity contribution is 6.29. The number of hydrogen-bond acceptors (Lipinski definition) is 0. The van der Waals surface area contributed by atoms with Crippen LogP contribution in [0.5, 0.6) is 0 Å². The fourth-order valence-electron chi connectivity index (χ4n) is 6.37. The first-order chi connectivity index (χ1) is 17.2. The van der Waals surface area contributed by atoms with Crippen LogP contribution in [0.15, 0.2) is 103 Å². The Morgan fingerprint density at radius 1 is 0.457 bits per heavy atom. The fourth-order valence-corrected chi connectivity index (χ4v) is 6.37. The molecule has 35 heavy (non-hydrogen) atoms. The largest absolute Gasteiger partial charge is 0.312 e. The minimum Gasteiger partial charge on any atom is -0.312 e. The van der Waals surface area contributed by atoms with E-state index in [9.17, 15) is 0 Å². The number of nitrogens with zero attached hydrogens (tertiary/aromatic N) is 1. The third kappa shape index (κ3) is 2.38. The molecule has 164 valence electrons. The Morgan fingerprint density at radius 2 is 1.11 bits per heavy atom. The first kappa shape index (κ1) is 19.0. The van der Waals surface area contributed by atoms with Gasteiger partial charge in [-0.05, 0) is 74.6 Å². The average molecular weight is 446 g/mol. The Bertz CT molecular complexity index is 2110. The molecule has 0 saturated heterocycles. The lowest BCUT2D eigenvalue weighted by Gasteiger charge is -2.17. The van der Waals surface area contributed by atoms with E-state index < -0.39 is 0 Å². The van der Waals surface area contributed by atoms with Gasteiger partial charge in [0.2, 0.25) is 0 Å². The molecule has 0 unspecified atom stereocenters. The van der Waals surface area contributed by atoms with Crippen molar-refractivity contribution in [2.24, 2.45) is 0 Å². The topological polar surface area (TPSA) is 4.93 Å². The van der Waals surface area contributed by atoms with E-state index >= 15 is 0 Å². The number of fused-ring (bicyclic) bond motifs is 5. The van der Waals surface area contributed by atoms with Gasteiger partial charge >= 0.3 is 0 Å². The van der Waals surface area contributed by atoms with Crippen molar-refractivity contribution in [2.75, 3.05) is 0 Å². The molecule has 7 aromatic carbocycles. The molecule has 0 N–H and O–H groups in total. The van der Waals surface area contributed by atoms with Gasteiger partial charge in [-0.15, -0.1) is 0 Å². The van der Waals surface area contributed by atoms with Gasteiger partial charge in [0.25, 0.3) is 0 Å². The molecule has 8 rings (SSSR count). The Balaban J connectivity index is 1.63. The van der Waals surface area contributed by atoms with Crippen LogP contribution in [0.25, 0.3) is 70.5 Å². The molecule has 0 saturated carbocycles. The molecular weight excluding hydrogens is 422 g/mol. The molecule has 0 aliphatic rings. The van der Waals surface area contributed by atoms with E-state index in [1.165, 1.54) is 81.7 Å². The molecule has 0 spiro atoms. The highest BCUT2D eigenvalue weighted by Crippen LogP contribution is 2.43. The lowest BCUT2D eigenvalue weighted by Crippen LogP contribution is -1.99. The van der Waals surface area contributed by atoms with E-state index in [1.807, 2.05) is 0 Å². The van der Waals surface area contributed by atoms with Crippen LogP contribution < -0.4 is 0 Å². The average Bonchev–Trinajstić information content (AvgIpc) is 3.16. The van der Waals surface area contributed by atoms with Crippen molar-refractivity contribution >= 4 is 64.8 Å². The van der Waals surface area contributed by atoms with Crippen molar-refractivity contribution in [3.63, 3.8) is 0 Å². The van der Waals surface area contributed by atoms with E-state index in [2.05, 4.69) is 122 Å². The van der Waals surface area contributed by atoms with Gasteiger partial charge in [0.15, 0.2) is 0 Å². The van der Waals surface area contributed by atoms with Crippen molar-refractivity contribution in [2.45, 2.75) is 13.8 Å². The molecule has 0 amide bonds. The van der Waals surface area contributed by atoms with Crippen LogP contribution in [0.1, 0.15) is 11.3 Å². The second kappa shape index (κ2) is 6.61. The van der Waals surface area contributed by atoms with Gasteiger partial charge in [-0.3, -0.25) is 0 Å². The molecule has 0 aliphatic carbocycles. The van der Waals surface area contributed by atoms with Crippen molar-refractivity contribution in [3.8, 4) is 5.69 Å². The van der Waals surface area contributed by atoms with E-state index in [0.717, 1.165) is 0 Å². The van der Waals surface area contributed by atoms with Gasteiger partial charge in [0.1, 0.15) is 0 Å². The molecule has 1 heterocycles.